The number of allylic oxidation sites excluding steroid dienone is 1. The van der Waals surface area contributed by atoms with Crippen molar-refractivity contribution in [1.82, 2.24) is 0 Å². The van der Waals surface area contributed by atoms with Crippen LogP contribution in [0.3, 0.4) is 0 Å². The lowest BCUT2D eigenvalue weighted by Crippen LogP contribution is -2.22. The number of ether oxygens (including phenoxy) is 2. The fourth-order valence-corrected chi connectivity index (χ4v) is 3.65. The van der Waals surface area contributed by atoms with Gasteiger partial charge in [-0.15, -0.1) is 0 Å². The van der Waals surface area contributed by atoms with Gasteiger partial charge in [-0.1, -0.05) is 6.92 Å². The first-order valence-corrected chi connectivity index (χ1v) is 9.47. The number of phenols is 1. The minimum absolute atomic E-state index is 0.0257. The van der Waals surface area contributed by atoms with Crippen molar-refractivity contribution < 1.29 is 28.6 Å². The molecule has 0 aliphatic carbocycles. The van der Waals surface area contributed by atoms with Gasteiger partial charge >= 0.3 is 11.6 Å². The Kier molecular flexibility index (Phi) is 5.50. The maximum absolute atomic E-state index is 12.6. The Bertz CT molecular complexity index is 1080. The van der Waals surface area contributed by atoms with Gasteiger partial charge in [-0.3, -0.25) is 9.59 Å². The molecular formula is C22H24O7. The van der Waals surface area contributed by atoms with Gasteiger partial charge in [0.2, 0.25) is 0 Å². The molecule has 0 saturated heterocycles. The van der Waals surface area contributed by atoms with Crippen LogP contribution in [0.15, 0.2) is 27.4 Å². The number of hydrogen-bond donors (Lipinski definition) is 1. The van der Waals surface area contributed by atoms with E-state index >= 15 is 0 Å². The van der Waals surface area contributed by atoms with E-state index in [1.807, 2.05) is 6.92 Å². The first-order chi connectivity index (χ1) is 13.6. The first kappa shape index (κ1) is 20.6. The normalized spacial score (nSPS) is 18.7. The van der Waals surface area contributed by atoms with Crippen molar-refractivity contribution >= 4 is 28.5 Å². The van der Waals surface area contributed by atoms with E-state index < -0.39 is 17.7 Å². The number of carbonyl (C=O) groups excluding carboxylic acids is 2. The molecule has 1 aliphatic heterocycles. The average Bonchev–Trinajstić information content (AvgIpc) is 2.60. The minimum atomic E-state index is -0.666. The lowest BCUT2D eigenvalue weighted by atomic mass is 9.88. The van der Waals surface area contributed by atoms with Gasteiger partial charge < -0.3 is 19.0 Å². The highest BCUT2D eigenvalue weighted by molar-refractivity contribution is 5.98. The van der Waals surface area contributed by atoms with Crippen molar-refractivity contribution in [1.29, 1.82) is 0 Å². The number of fused-ring (bicyclic) bond motifs is 1. The van der Waals surface area contributed by atoms with Crippen molar-refractivity contribution in [2.45, 2.75) is 59.2 Å². The first-order valence-electron chi connectivity index (χ1n) is 9.47. The average molecular weight is 400 g/mol. The lowest BCUT2D eigenvalue weighted by Gasteiger charge is -2.24. The topological polar surface area (TPSA) is 103 Å². The Hall–Kier alpha value is -3.09. The summed E-state index contributed by atoms with van der Waals surface area (Å²) < 4.78 is 16.5. The highest BCUT2D eigenvalue weighted by atomic mass is 16.5. The fraction of sp³-hybridized carbons (Fsp3) is 0.409. The Morgan fingerprint density at radius 1 is 1.28 bits per heavy atom. The molecule has 0 saturated carbocycles. The van der Waals surface area contributed by atoms with Crippen molar-refractivity contribution in [3.8, 4) is 5.75 Å². The highest BCUT2D eigenvalue weighted by Gasteiger charge is 2.26. The number of esters is 1. The second-order valence-corrected chi connectivity index (χ2v) is 7.50. The molecule has 154 valence electrons. The van der Waals surface area contributed by atoms with E-state index in [4.69, 9.17) is 13.9 Å². The number of aromatic hydroxyl groups is 1. The summed E-state index contributed by atoms with van der Waals surface area (Å²) in [6, 6.07) is 2.99. The molecule has 1 unspecified atom stereocenters. The number of rotatable bonds is 4. The van der Waals surface area contributed by atoms with E-state index in [1.54, 1.807) is 26.8 Å². The molecule has 7 nitrogen and oxygen atoms in total. The Morgan fingerprint density at radius 3 is 2.59 bits per heavy atom. The third kappa shape index (κ3) is 4.04. The van der Waals surface area contributed by atoms with Crippen LogP contribution in [-0.2, 0) is 19.1 Å². The van der Waals surface area contributed by atoms with Crippen LogP contribution in [0.4, 0.5) is 0 Å². The van der Waals surface area contributed by atoms with Crippen LogP contribution in [0, 0.1) is 6.92 Å². The summed E-state index contributed by atoms with van der Waals surface area (Å²) in [5, 5.41) is 10.9. The van der Waals surface area contributed by atoms with E-state index in [2.05, 4.69) is 0 Å². The zero-order chi connectivity index (χ0) is 21.5. The number of hydrogen-bond acceptors (Lipinski definition) is 7. The SMILES string of the molecule is CC(=O)O[C@H](C)[C@H](C)c1c(C)c(O)cc2oc(=O)c(C3=CC(=O)CC(C)O3)cc12. The second-order valence-electron chi connectivity index (χ2n) is 7.50. The number of carbonyl (C=O) groups is 2. The molecule has 1 aromatic carbocycles. The molecule has 2 heterocycles. The molecule has 1 N–H and O–H groups in total. The lowest BCUT2D eigenvalue weighted by molar-refractivity contribution is -0.146. The van der Waals surface area contributed by atoms with Crippen LogP contribution in [0.5, 0.6) is 5.75 Å². The van der Waals surface area contributed by atoms with Crippen LogP contribution >= 0.6 is 0 Å². The fourth-order valence-electron chi connectivity index (χ4n) is 3.65. The van der Waals surface area contributed by atoms with E-state index in [-0.39, 0.29) is 46.9 Å². The standard InChI is InChI=1S/C22H24O7/c1-10-6-15(24)7-19(27-10)17-8-16-20(29-22(17)26)9-18(25)12(3)21(16)11(2)13(4)28-14(5)23/h7-11,13,25H,6H2,1-5H3/t10?,11-,13+/m0/s1. The molecule has 0 spiro atoms. The number of ketones is 1. The predicted molar refractivity (Wildman–Crippen MR) is 107 cm³/mol. The molecule has 0 amide bonds. The van der Waals surface area contributed by atoms with Gasteiger partial charge in [-0.25, -0.2) is 4.79 Å². The van der Waals surface area contributed by atoms with E-state index in [1.165, 1.54) is 19.1 Å². The van der Waals surface area contributed by atoms with Crippen LogP contribution in [0.25, 0.3) is 16.7 Å². The van der Waals surface area contributed by atoms with Gasteiger partial charge in [0.05, 0.1) is 0 Å². The minimum Gasteiger partial charge on any atom is -0.508 e. The van der Waals surface area contributed by atoms with Gasteiger partial charge in [0.25, 0.3) is 0 Å². The van der Waals surface area contributed by atoms with Crippen LogP contribution in [-0.4, -0.2) is 29.1 Å². The van der Waals surface area contributed by atoms with Gasteiger partial charge in [0, 0.05) is 36.8 Å². The highest BCUT2D eigenvalue weighted by Crippen LogP contribution is 2.37. The molecule has 0 bridgehead atoms. The third-order valence-corrected chi connectivity index (χ3v) is 5.21. The number of benzene rings is 1. The largest absolute Gasteiger partial charge is 0.508 e. The van der Waals surface area contributed by atoms with Crippen molar-refractivity contribution in [3.63, 3.8) is 0 Å². The molecule has 3 rings (SSSR count). The second kappa shape index (κ2) is 7.73. The Labute approximate surface area is 167 Å². The van der Waals surface area contributed by atoms with Crippen LogP contribution in [0.2, 0.25) is 0 Å². The van der Waals surface area contributed by atoms with E-state index in [9.17, 15) is 19.5 Å². The van der Waals surface area contributed by atoms with Gasteiger partial charge in [0.15, 0.2) is 5.78 Å². The van der Waals surface area contributed by atoms with Gasteiger partial charge in [-0.05, 0) is 38.0 Å². The molecule has 29 heavy (non-hydrogen) atoms. The van der Waals surface area contributed by atoms with E-state index in [0.29, 0.717) is 16.5 Å². The summed E-state index contributed by atoms with van der Waals surface area (Å²) >= 11 is 0. The molecule has 2 aromatic rings. The molecule has 0 radical (unpaired) electrons. The van der Waals surface area contributed by atoms with E-state index in [0.717, 1.165) is 0 Å². The summed E-state index contributed by atoms with van der Waals surface area (Å²) in [5.41, 5.74) is 0.951. The van der Waals surface area contributed by atoms with Gasteiger partial charge in [-0.2, -0.15) is 0 Å². The molecule has 1 aromatic heterocycles. The monoisotopic (exact) mass is 400 g/mol. The van der Waals surface area contributed by atoms with Crippen LogP contribution in [0.1, 0.15) is 56.7 Å². The summed E-state index contributed by atoms with van der Waals surface area (Å²) in [7, 11) is 0. The maximum atomic E-state index is 12.6. The molecule has 1 aliphatic rings. The zero-order valence-corrected chi connectivity index (χ0v) is 17.1. The van der Waals surface area contributed by atoms with Gasteiger partial charge in [0.1, 0.15) is 34.9 Å². The summed E-state index contributed by atoms with van der Waals surface area (Å²) in [6.07, 6.45) is 0.730. The summed E-state index contributed by atoms with van der Waals surface area (Å²) in [4.78, 5) is 35.9. The third-order valence-electron chi connectivity index (χ3n) is 5.21. The van der Waals surface area contributed by atoms with Crippen molar-refractivity contribution in [2.24, 2.45) is 0 Å². The van der Waals surface area contributed by atoms with Crippen molar-refractivity contribution in [2.75, 3.05) is 0 Å². The number of phenolic OH excluding ortho intramolecular Hbond substituents is 1. The molecule has 3 atom stereocenters. The summed E-state index contributed by atoms with van der Waals surface area (Å²) in [5.74, 6) is -0.691. The Morgan fingerprint density at radius 2 is 1.97 bits per heavy atom. The quantitative estimate of drug-likeness (QED) is 0.618. The Balaban J connectivity index is 2.23. The summed E-state index contributed by atoms with van der Waals surface area (Å²) in [6.45, 7) is 8.45. The predicted octanol–water partition coefficient (Wildman–Crippen LogP) is 3.58. The molecule has 0 fully saturated rings. The zero-order valence-electron chi connectivity index (χ0n) is 17.1. The molecule has 7 heteroatoms. The maximum Gasteiger partial charge on any atom is 0.347 e. The van der Waals surface area contributed by atoms with Crippen molar-refractivity contribution in [3.05, 3.63) is 45.3 Å². The molecular weight excluding hydrogens is 376 g/mol. The smallest absolute Gasteiger partial charge is 0.347 e. The van der Waals surface area contributed by atoms with Crippen LogP contribution < -0.4 is 5.63 Å².